The number of imide groups is 1. The molecule has 2 aromatic rings. The van der Waals surface area contributed by atoms with Gasteiger partial charge < -0.3 is 4.74 Å². The molecule has 0 aliphatic carbocycles. The van der Waals surface area contributed by atoms with Gasteiger partial charge in [0.05, 0.1) is 18.2 Å². The van der Waals surface area contributed by atoms with E-state index >= 15 is 0 Å². The van der Waals surface area contributed by atoms with Crippen LogP contribution < -0.4 is 4.90 Å². The number of carbonyl (C=O) groups excluding carboxylic acids is 2. The van der Waals surface area contributed by atoms with Crippen molar-refractivity contribution in [3.8, 4) is 0 Å². The van der Waals surface area contributed by atoms with E-state index in [4.69, 9.17) is 0 Å². The third-order valence-corrected chi connectivity index (χ3v) is 3.01. The lowest BCUT2D eigenvalue weighted by atomic mass is 10.1. The van der Waals surface area contributed by atoms with Crippen molar-refractivity contribution in [3.63, 3.8) is 0 Å². The molecule has 110 valence electrons. The van der Waals surface area contributed by atoms with Crippen molar-refractivity contribution in [3.05, 3.63) is 80.3 Å². The van der Waals surface area contributed by atoms with Crippen LogP contribution in [-0.4, -0.2) is 11.8 Å². The van der Waals surface area contributed by atoms with E-state index in [9.17, 15) is 9.59 Å². The summed E-state index contributed by atoms with van der Waals surface area (Å²) in [6, 6.07) is 13.3. The zero-order valence-electron chi connectivity index (χ0n) is 11.9. The summed E-state index contributed by atoms with van der Waals surface area (Å²) in [6.45, 7) is 6.51. The van der Waals surface area contributed by atoms with Crippen molar-refractivity contribution in [2.24, 2.45) is 0 Å². The average Bonchev–Trinajstić information content (AvgIpc) is 2.87. The van der Waals surface area contributed by atoms with E-state index in [1.807, 2.05) is 36.4 Å². The number of anilines is 1. The molecule has 3 rings (SSSR count). The maximum absolute atomic E-state index is 11.6. The second-order valence-corrected chi connectivity index (χ2v) is 4.31. The molecule has 1 aliphatic heterocycles. The van der Waals surface area contributed by atoms with Gasteiger partial charge in [0.2, 0.25) is 0 Å². The Balaban J connectivity index is 0.000000309. The number of benzene rings is 2. The van der Waals surface area contributed by atoms with Gasteiger partial charge in [0.25, 0.3) is 11.8 Å². The third kappa shape index (κ3) is 3.12. The maximum atomic E-state index is 11.6. The minimum Gasteiger partial charge on any atom is -0.474 e. The molecule has 22 heavy (non-hydrogen) atoms. The molecule has 2 aromatic carbocycles. The van der Waals surface area contributed by atoms with E-state index in [0.717, 1.165) is 10.8 Å². The van der Waals surface area contributed by atoms with Gasteiger partial charge in [0, 0.05) is 17.5 Å². The molecule has 1 aliphatic rings. The summed E-state index contributed by atoms with van der Waals surface area (Å²) in [5, 5.41) is 1.91. The molecular weight excluding hydrogens is 278 g/mol. The molecule has 0 bridgehead atoms. The smallest absolute Gasteiger partial charge is 0.258 e. The molecule has 0 saturated heterocycles. The van der Waals surface area contributed by atoms with E-state index in [2.05, 4.69) is 17.9 Å². The number of carbonyl (C=O) groups is 2. The van der Waals surface area contributed by atoms with Gasteiger partial charge in [-0.1, -0.05) is 49.6 Å². The van der Waals surface area contributed by atoms with Crippen molar-refractivity contribution in [2.75, 3.05) is 4.90 Å². The molecular formula is C18H15NO3. The Hall–Kier alpha value is -3.14. The van der Waals surface area contributed by atoms with Gasteiger partial charge in [-0.05, 0) is 11.5 Å². The SMILES string of the molecule is C=COC=C.O=C1C=CC(=O)N1c1cccc2ccccc12. The molecule has 0 N–H and O–H groups in total. The number of fused-ring (bicyclic) bond motifs is 1. The summed E-state index contributed by atoms with van der Waals surface area (Å²) >= 11 is 0. The van der Waals surface area contributed by atoms with Crippen molar-refractivity contribution < 1.29 is 14.3 Å². The fourth-order valence-electron chi connectivity index (χ4n) is 2.11. The summed E-state index contributed by atoms with van der Waals surface area (Å²) in [5.74, 6) is -0.572. The van der Waals surface area contributed by atoms with E-state index in [1.165, 1.54) is 29.6 Å². The highest BCUT2D eigenvalue weighted by atomic mass is 16.5. The standard InChI is InChI=1S/C14H9NO2.C4H6O/c16-13-8-9-14(17)15(13)12-7-3-5-10-4-1-2-6-11(10)12;1-3-5-4-2/h1-9H;3-4H,1-2H2. The first-order valence-electron chi connectivity index (χ1n) is 6.60. The van der Waals surface area contributed by atoms with Crippen molar-refractivity contribution in [1.82, 2.24) is 0 Å². The van der Waals surface area contributed by atoms with Crippen LogP contribution in [0, 0.1) is 0 Å². The fraction of sp³-hybridized carbons (Fsp3) is 0. The Kier molecular flexibility index (Phi) is 4.88. The highest BCUT2D eigenvalue weighted by Crippen LogP contribution is 2.28. The van der Waals surface area contributed by atoms with Crippen LogP contribution in [0.3, 0.4) is 0 Å². The fourth-order valence-corrected chi connectivity index (χ4v) is 2.11. The Morgan fingerprint density at radius 3 is 2.05 bits per heavy atom. The van der Waals surface area contributed by atoms with Crippen molar-refractivity contribution in [2.45, 2.75) is 0 Å². The predicted molar refractivity (Wildman–Crippen MR) is 87.1 cm³/mol. The lowest BCUT2D eigenvalue weighted by Crippen LogP contribution is -2.29. The highest BCUT2D eigenvalue weighted by Gasteiger charge is 2.26. The van der Waals surface area contributed by atoms with Gasteiger partial charge in [0.1, 0.15) is 0 Å². The minimum atomic E-state index is -0.286. The van der Waals surface area contributed by atoms with Gasteiger partial charge in [0.15, 0.2) is 0 Å². The molecule has 1 heterocycles. The number of amides is 2. The van der Waals surface area contributed by atoms with E-state index in [-0.39, 0.29) is 11.8 Å². The quantitative estimate of drug-likeness (QED) is 0.642. The Morgan fingerprint density at radius 1 is 0.864 bits per heavy atom. The first-order chi connectivity index (χ1) is 10.7. The highest BCUT2D eigenvalue weighted by molar-refractivity contribution is 6.30. The van der Waals surface area contributed by atoms with Crippen LogP contribution in [-0.2, 0) is 14.3 Å². The van der Waals surface area contributed by atoms with Crippen molar-refractivity contribution >= 4 is 28.3 Å². The third-order valence-electron chi connectivity index (χ3n) is 3.01. The van der Waals surface area contributed by atoms with Crippen LogP contribution in [0.2, 0.25) is 0 Å². The van der Waals surface area contributed by atoms with E-state index < -0.39 is 0 Å². The zero-order valence-corrected chi connectivity index (χ0v) is 11.9. The molecule has 0 atom stereocenters. The lowest BCUT2D eigenvalue weighted by Gasteiger charge is -2.16. The Bertz CT molecular complexity index is 733. The van der Waals surface area contributed by atoms with Crippen LogP contribution in [0.4, 0.5) is 5.69 Å². The molecule has 2 amide bonds. The first kappa shape index (κ1) is 15.3. The largest absolute Gasteiger partial charge is 0.474 e. The summed E-state index contributed by atoms with van der Waals surface area (Å²) in [7, 11) is 0. The maximum Gasteiger partial charge on any atom is 0.258 e. The van der Waals surface area contributed by atoms with Crippen LogP contribution in [0.1, 0.15) is 0 Å². The molecule has 0 radical (unpaired) electrons. The topological polar surface area (TPSA) is 46.6 Å². The molecule has 0 aromatic heterocycles. The van der Waals surface area contributed by atoms with Crippen molar-refractivity contribution in [1.29, 1.82) is 0 Å². The monoisotopic (exact) mass is 293 g/mol. The second kappa shape index (κ2) is 7.04. The predicted octanol–water partition coefficient (Wildman–Crippen LogP) is 3.56. The number of ether oxygens (including phenoxy) is 1. The van der Waals surface area contributed by atoms with Crippen LogP contribution in [0.15, 0.2) is 80.3 Å². The molecule has 0 spiro atoms. The van der Waals surface area contributed by atoms with Crippen LogP contribution in [0.5, 0.6) is 0 Å². The van der Waals surface area contributed by atoms with Gasteiger partial charge in [-0.2, -0.15) is 0 Å². The van der Waals surface area contributed by atoms with Gasteiger partial charge in [-0.25, -0.2) is 4.90 Å². The number of hydrogen-bond donors (Lipinski definition) is 0. The average molecular weight is 293 g/mol. The van der Waals surface area contributed by atoms with E-state index in [0.29, 0.717) is 5.69 Å². The van der Waals surface area contributed by atoms with Crippen LogP contribution in [0.25, 0.3) is 10.8 Å². The summed E-state index contributed by atoms with van der Waals surface area (Å²) < 4.78 is 4.36. The molecule has 0 saturated carbocycles. The number of nitrogens with zero attached hydrogens (tertiary/aromatic N) is 1. The Morgan fingerprint density at radius 2 is 1.45 bits per heavy atom. The molecule has 4 heteroatoms. The van der Waals surface area contributed by atoms with Gasteiger partial charge >= 0.3 is 0 Å². The summed E-state index contributed by atoms with van der Waals surface area (Å²) in [6.07, 6.45) is 5.22. The second-order valence-electron chi connectivity index (χ2n) is 4.31. The summed E-state index contributed by atoms with van der Waals surface area (Å²) in [4.78, 5) is 24.5. The normalized spacial score (nSPS) is 12.8. The number of hydrogen-bond acceptors (Lipinski definition) is 3. The van der Waals surface area contributed by atoms with Gasteiger partial charge in [-0.15, -0.1) is 0 Å². The number of rotatable bonds is 3. The van der Waals surface area contributed by atoms with E-state index in [1.54, 1.807) is 6.07 Å². The van der Waals surface area contributed by atoms with Crippen LogP contribution >= 0.6 is 0 Å². The first-order valence-corrected chi connectivity index (χ1v) is 6.60. The molecule has 4 nitrogen and oxygen atoms in total. The Labute approximate surface area is 128 Å². The molecule has 0 fully saturated rings. The summed E-state index contributed by atoms with van der Waals surface area (Å²) in [5.41, 5.74) is 0.642. The minimum absolute atomic E-state index is 0.286. The zero-order chi connectivity index (χ0) is 15.9. The molecule has 0 unspecified atom stereocenters. The van der Waals surface area contributed by atoms with Gasteiger partial charge in [-0.3, -0.25) is 9.59 Å². The lowest BCUT2D eigenvalue weighted by molar-refractivity contribution is -0.119.